The fraction of sp³-hybridized carbons (Fsp3) is 0.545. The van der Waals surface area contributed by atoms with E-state index in [1.165, 1.54) is 11.3 Å². The number of nitrogens with one attached hydrogen (secondary N) is 1. The molecule has 1 aromatic heterocycles. The summed E-state index contributed by atoms with van der Waals surface area (Å²) in [5.74, 6) is -0.0358. The first-order valence-corrected chi connectivity index (χ1v) is 6.41. The molecule has 1 aromatic rings. The fourth-order valence-electron chi connectivity index (χ4n) is 1.34. The zero-order valence-corrected chi connectivity index (χ0v) is 11.0. The van der Waals surface area contributed by atoms with Crippen molar-refractivity contribution in [1.82, 2.24) is 4.98 Å². The zero-order valence-electron chi connectivity index (χ0n) is 10.2. The van der Waals surface area contributed by atoms with E-state index in [0.717, 1.165) is 12.8 Å². The minimum Gasteiger partial charge on any atom is -0.411 e. The number of hydrogen-bond acceptors (Lipinski definition) is 5. The maximum atomic E-state index is 11.7. The molecule has 0 aromatic carbocycles. The maximum absolute atomic E-state index is 11.7. The largest absolute Gasteiger partial charge is 0.411 e. The number of thiazole rings is 1. The van der Waals surface area contributed by atoms with Crippen molar-refractivity contribution in [2.75, 3.05) is 5.32 Å². The molecule has 5 nitrogen and oxygen atoms in total. The number of anilines is 1. The van der Waals surface area contributed by atoms with Crippen molar-refractivity contribution in [1.29, 1.82) is 0 Å². The van der Waals surface area contributed by atoms with E-state index in [0.29, 0.717) is 16.5 Å². The van der Waals surface area contributed by atoms with Gasteiger partial charge in [-0.25, -0.2) is 4.98 Å². The lowest BCUT2D eigenvalue weighted by Crippen LogP contribution is -2.20. The molecule has 0 fully saturated rings. The normalized spacial score (nSPS) is 13.5. The molecule has 0 spiro atoms. The Morgan fingerprint density at radius 3 is 3.00 bits per heavy atom. The predicted octanol–water partition coefficient (Wildman–Crippen LogP) is 2.72. The summed E-state index contributed by atoms with van der Waals surface area (Å²) in [7, 11) is 0. The van der Waals surface area contributed by atoms with Gasteiger partial charge in [-0.2, -0.15) is 0 Å². The Morgan fingerprint density at radius 1 is 1.71 bits per heavy atom. The molecule has 94 valence electrons. The zero-order chi connectivity index (χ0) is 12.8. The van der Waals surface area contributed by atoms with E-state index in [9.17, 15) is 4.79 Å². The van der Waals surface area contributed by atoms with Crippen molar-refractivity contribution in [3.05, 3.63) is 11.1 Å². The summed E-state index contributed by atoms with van der Waals surface area (Å²) in [6, 6.07) is 0. The second kappa shape index (κ2) is 6.34. The fourth-order valence-corrected chi connectivity index (χ4v) is 2.10. The summed E-state index contributed by atoms with van der Waals surface area (Å²) in [6.45, 7) is 5.60. The van der Waals surface area contributed by atoms with Crippen LogP contribution >= 0.6 is 11.3 Å². The average molecular weight is 255 g/mol. The third-order valence-electron chi connectivity index (χ3n) is 2.42. The number of rotatable bonds is 5. The lowest BCUT2D eigenvalue weighted by atomic mass is 10.1. The van der Waals surface area contributed by atoms with Gasteiger partial charge in [0.2, 0.25) is 5.91 Å². The Balaban J connectivity index is 2.63. The smallest absolute Gasteiger partial charge is 0.228 e. The van der Waals surface area contributed by atoms with Crippen molar-refractivity contribution in [3.63, 3.8) is 0 Å². The van der Waals surface area contributed by atoms with E-state index in [-0.39, 0.29) is 11.8 Å². The Bertz CT molecular complexity index is 415. The monoisotopic (exact) mass is 255 g/mol. The Hall–Kier alpha value is -1.43. The molecule has 1 atom stereocenters. The number of carbonyl (C=O) groups excluding carboxylic acids is 1. The molecule has 0 aliphatic rings. The van der Waals surface area contributed by atoms with Crippen LogP contribution in [0.3, 0.4) is 0 Å². The number of carbonyl (C=O) groups is 1. The summed E-state index contributed by atoms with van der Waals surface area (Å²) in [6.07, 6.45) is 1.84. The summed E-state index contributed by atoms with van der Waals surface area (Å²) in [5.41, 5.74) is 1.01. The quantitative estimate of drug-likeness (QED) is 0.482. The average Bonchev–Trinajstić information content (AvgIpc) is 2.76. The maximum Gasteiger partial charge on any atom is 0.228 e. The first-order valence-electron chi connectivity index (χ1n) is 5.53. The molecule has 1 amide bonds. The van der Waals surface area contributed by atoms with Gasteiger partial charge in [0.1, 0.15) is 11.4 Å². The lowest BCUT2D eigenvalue weighted by molar-refractivity contribution is -0.119. The molecule has 1 rings (SSSR count). The molecule has 0 aliphatic heterocycles. The van der Waals surface area contributed by atoms with Crippen molar-refractivity contribution in [2.24, 2.45) is 11.1 Å². The van der Waals surface area contributed by atoms with Crippen molar-refractivity contribution < 1.29 is 10.0 Å². The van der Waals surface area contributed by atoms with Gasteiger partial charge < -0.3 is 10.5 Å². The summed E-state index contributed by atoms with van der Waals surface area (Å²) >= 11 is 1.32. The highest BCUT2D eigenvalue weighted by Crippen LogP contribution is 2.17. The van der Waals surface area contributed by atoms with Gasteiger partial charge in [-0.05, 0) is 13.3 Å². The second-order valence-electron chi connectivity index (χ2n) is 3.90. The first kappa shape index (κ1) is 13.6. The standard InChI is InChI=1S/C11H17N3O2S/c1-4-5-7(2)10(15)13-11-12-9(6-17-11)8(3)14-16/h6-7,16H,4-5H2,1-3H3,(H,12,13,15). The molecule has 0 saturated carbocycles. The molecule has 2 N–H and O–H groups in total. The van der Waals surface area contributed by atoms with Crippen LogP contribution in [0.1, 0.15) is 39.3 Å². The van der Waals surface area contributed by atoms with Crippen LogP contribution in [0, 0.1) is 5.92 Å². The SMILES string of the molecule is CCCC(C)C(=O)Nc1nc(C(C)=NO)cs1. The first-order chi connectivity index (χ1) is 8.08. The van der Waals surface area contributed by atoms with E-state index in [2.05, 4.69) is 15.5 Å². The van der Waals surface area contributed by atoms with Crippen LogP contribution in [0.5, 0.6) is 0 Å². The van der Waals surface area contributed by atoms with Gasteiger partial charge in [0.05, 0.1) is 0 Å². The molecule has 0 radical (unpaired) electrons. The van der Waals surface area contributed by atoms with Crippen molar-refractivity contribution >= 4 is 28.1 Å². The number of amides is 1. The highest BCUT2D eigenvalue weighted by atomic mass is 32.1. The molecular weight excluding hydrogens is 238 g/mol. The molecule has 17 heavy (non-hydrogen) atoms. The van der Waals surface area contributed by atoms with Gasteiger partial charge in [-0.15, -0.1) is 11.3 Å². The van der Waals surface area contributed by atoms with Gasteiger partial charge in [-0.1, -0.05) is 25.4 Å². The molecule has 6 heteroatoms. The molecule has 0 saturated heterocycles. The van der Waals surface area contributed by atoms with Gasteiger partial charge in [-0.3, -0.25) is 4.79 Å². The van der Waals surface area contributed by atoms with Gasteiger partial charge in [0.25, 0.3) is 0 Å². The minimum atomic E-state index is -0.0219. The summed E-state index contributed by atoms with van der Waals surface area (Å²) in [4.78, 5) is 15.9. The van der Waals surface area contributed by atoms with Crippen LogP contribution in [0.4, 0.5) is 5.13 Å². The third-order valence-corrected chi connectivity index (χ3v) is 3.18. The highest BCUT2D eigenvalue weighted by Gasteiger charge is 2.14. The molecule has 0 aliphatic carbocycles. The number of nitrogens with zero attached hydrogens (tertiary/aromatic N) is 2. The van der Waals surface area contributed by atoms with Crippen LogP contribution in [-0.4, -0.2) is 21.8 Å². The van der Waals surface area contributed by atoms with Crippen LogP contribution in [0.15, 0.2) is 10.5 Å². The summed E-state index contributed by atoms with van der Waals surface area (Å²) < 4.78 is 0. The molecule has 0 bridgehead atoms. The predicted molar refractivity (Wildman–Crippen MR) is 68.8 cm³/mol. The van der Waals surface area contributed by atoms with E-state index < -0.39 is 0 Å². The Kier molecular flexibility index (Phi) is 5.09. The molecule has 1 heterocycles. The number of oxime groups is 1. The number of aromatic nitrogens is 1. The van der Waals surface area contributed by atoms with Crippen molar-refractivity contribution in [3.8, 4) is 0 Å². The van der Waals surface area contributed by atoms with E-state index in [1.807, 2.05) is 13.8 Å². The topological polar surface area (TPSA) is 74.6 Å². The van der Waals surface area contributed by atoms with E-state index in [4.69, 9.17) is 5.21 Å². The van der Waals surface area contributed by atoms with Gasteiger partial charge >= 0.3 is 0 Å². The van der Waals surface area contributed by atoms with Gasteiger partial charge in [0.15, 0.2) is 5.13 Å². The third kappa shape index (κ3) is 3.81. The Morgan fingerprint density at radius 2 is 2.41 bits per heavy atom. The molecule has 1 unspecified atom stereocenters. The van der Waals surface area contributed by atoms with Crippen LogP contribution in [0.25, 0.3) is 0 Å². The van der Waals surface area contributed by atoms with E-state index >= 15 is 0 Å². The van der Waals surface area contributed by atoms with Crippen LogP contribution in [0.2, 0.25) is 0 Å². The number of hydrogen-bond donors (Lipinski definition) is 2. The minimum absolute atomic E-state index is 0.0139. The summed E-state index contributed by atoms with van der Waals surface area (Å²) in [5, 5.41) is 16.7. The Labute approximate surface area is 105 Å². The lowest BCUT2D eigenvalue weighted by Gasteiger charge is -2.08. The molecular formula is C11H17N3O2S. The van der Waals surface area contributed by atoms with E-state index in [1.54, 1.807) is 12.3 Å². The van der Waals surface area contributed by atoms with Crippen LogP contribution in [-0.2, 0) is 4.79 Å². The van der Waals surface area contributed by atoms with Crippen LogP contribution < -0.4 is 5.32 Å². The second-order valence-corrected chi connectivity index (χ2v) is 4.76. The highest BCUT2D eigenvalue weighted by molar-refractivity contribution is 7.14. The van der Waals surface area contributed by atoms with Gasteiger partial charge in [0, 0.05) is 11.3 Å². The van der Waals surface area contributed by atoms with Crippen molar-refractivity contribution in [2.45, 2.75) is 33.6 Å².